The number of benzene rings is 1. The summed E-state index contributed by atoms with van der Waals surface area (Å²) in [6.45, 7) is 6.49. The lowest BCUT2D eigenvalue weighted by Crippen LogP contribution is -2.61. The van der Waals surface area contributed by atoms with Crippen LogP contribution in [0.4, 0.5) is 0 Å². The van der Waals surface area contributed by atoms with Gasteiger partial charge in [0.1, 0.15) is 0 Å². The van der Waals surface area contributed by atoms with E-state index in [1.165, 1.54) is 44.1 Å². The van der Waals surface area contributed by atoms with E-state index in [2.05, 4.69) is 45.9 Å². The van der Waals surface area contributed by atoms with E-state index in [0.29, 0.717) is 17.9 Å². The SMILES string of the molecule is O=C(NCC1(c2ccccc2)CCCCC1)[C@@]12CC[C@H](N3CCOCC3)C[C@H]1CCNC2. The lowest BCUT2D eigenvalue weighted by Gasteiger charge is -2.51. The monoisotopic (exact) mass is 439 g/mol. The van der Waals surface area contributed by atoms with Gasteiger partial charge in [-0.15, -0.1) is 0 Å². The maximum Gasteiger partial charge on any atom is 0.227 e. The first-order valence-electron chi connectivity index (χ1n) is 13.1. The van der Waals surface area contributed by atoms with Crippen LogP contribution in [-0.4, -0.2) is 62.8 Å². The molecule has 2 saturated heterocycles. The molecule has 1 aromatic carbocycles. The van der Waals surface area contributed by atoms with Gasteiger partial charge in [-0.2, -0.15) is 0 Å². The van der Waals surface area contributed by atoms with E-state index in [-0.39, 0.29) is 10.8 Å². The number of amides is 1. The first-order valence-corrected chi connectivity index (χ1v) is 13.1. The average molecular weight is 440 g/mol. The van der Waals surface area contributed by atoms with Crippen LogP contribution in [0, 0.1) is 11.3 Å². The Labute approximate surface area is 193 Å². The van der Waals surface area contributed by atoms with E-state index >= 15 is 0 Å². The summed E-state index contributed by atoms with van der Waals surface area (Å²) < 4.78 is 5.57. The molecule has 2 aliphatic heterocycles. The lowest BCUT2D eigenvalue weighted by molar-refractivity contribution is -0.140. The van der Waals surface area contributed by atoms with Crippen molar-refractivity contribution in [3.63, 3.8) is 0 Å². The zero-order chi connectivity index (χ0) is 21.9. The predicted octanol–water partition coefficient (Wildman–Crippen LogP) is 3.49. The van der Waals surface area contributed by atoms with Crippen molar-refractivity contribution in [1.82, 2.24) is 15.5 Å². The Bertz CT molecular complexity index is 757. The van der Waals surface area contributed by atoms with Crippen LogP contribution in [-0.2, 0) is 14.9 Å². The summed E-state index contributed by atoms with van der Waals surface area (Å²) in [5.41, 5.74) is 1.29. The molecule has 4 aliphatic rings. The van der Waals surface area contributed by atoms with Gasteiger partial charge in [0, 0.05) is 37.6 Å². The summed E-state index contributed by atoms with van der Waals surface area (Å²) >= 11 is 0. The van der Waals surface area contributed by atoms with Gasteiger partial charge in [0.15, 0.2) is 0 Å². The first-order chi connectivity index (χ1) is 15.7. The molecule has 1 amide bonds. The zero-order valence-corrected chi connectivity index (χ0v) is 19.6. The molecule has 0 spiro atoms. The fourth-order valence-electron chi connectivity index (χ4n) is 7.18. The second-order valence-electron chi connectivity index (χ2n) is 10.8. The van der Waals surface area contributed by atoms with E-state index in [1.54, 1.807) is 0 Å². The van der Waals surface area contributed by atoms with Gasteiger partial charge in [0.2, 0.25) is 5.91 Å². The summed E-state index contributed by atoms with van der Waals surface area (Å²) in [4.78, 5) is 16.5. The number of carbonyl (C=O) groups is 1. The number of rotatable bonds is 5. The Morgan fingerprint density at radius 3 is 2.62 bits per heavy atom. The van der Waals surface area contributed by atoms with Gasteiger partial charge in [-0.3, -0.25) is 9.69 Å². The van der Waals surface area contributed by atoms with Crippen molar-refractivity contribution < 1.29 is 9.53 Å². The van der Waals surface area contributed by atoms with Gasteiger partial charge in [-0.05, 0) is 56.6 Å². The number of hydrogen-bond acceptors (Lipinski definition) is 4. The van der Waals surface area contributed by atoms with Crippen LogP contribution in [0.3, 0.4) is 0 Å². The van der Waals surface area contributed by atoms with Crippen molar-refractivity contribution in [3.05, 3.63) is 35.9 Å². The van der Waals surface area contributed by atoms with Crippen LogP contribution in [0.15, 0.2) is 30.3 Å². The van der Waals surface area contributed by atoms with Crippen LogP contribution in [0.5, 0.6) is 0 Å². The average Bonchev–Trinajstić information content (AvgIpc) is 2.88. The summed E-state index contributed by atoms with van der Waals surface area (Å²) in [6.07, 6.45) is 10.7. The maximum absolute atomic E-state index is 13.9. The molecule has 3 atom stereocenters. The third kappa shape index (κ3) is 4.36. The second-order valence-corrected chi connectivity index (χ2v) is 10.8. The molecule has 2 N–H and O–H groups in total. The van der Waals surface area contributed by atoms with Crippen LogP contribution >= 0.6 is 0 Å². The van der Waals surface area contributed by atoms with Gasteiger partial charge >= 0.3 is 0 Å². The van der Waals surface area contributed by atoms with Crippen molar-refractivity contribution in [3.8, 4) is 0 Å². The van der Waals surface area contributed by atoms with Gasteiger partial charge in [0.25, 0.3) is 0 Å². The summed E-state index contributed by atoms with van der Waals surface area (Å²) in [6, 6.07) is 11.6. The number of nitrogens with zero attached hydrogens (tertiary/aromatic N) is 1. The standard InChI is InChI=1S/C27H41N3O2/c31-25(29-20-26(11-5-2-6-12-26)22-7-3-1-4-8-22)27-13-9-24(30-15-17-32-18-16-30)19-23(27)10-14-28-21-27/h1,3-4,7-8,23-24,28H,2,5-6,9-21H2,(H,29,31)/t23-,24+,27-/m1/s1. The zero-order valence-electron chi connectivity index (χ0n) is 19.6. The molecular weight excluding hydrogens is 398 g/mol. The van der Waals surface area contributed by atoms with Crippen molar-refractivity contribution in [2.75, 3.05) is 45.9 Å². The van der Waals surface area contributed by atoms with E-state index in [9.17, 15) is 4.79 Å². The lowest BCUT2D eigenvalue weighted by atomic mass is 9.61. The van der Waals surface area contributed by atoms with Crippen molar-refractivity contribution in [1.29, 1.82) is 0 Å². The number of piperidine rings is 1. The highest BCUT2D eigenvalue weighted by molar-refractivity contribution is 5.83. The Balaban J connectivity index is 1.29. The Morgan fingerprint density at radius 2 is 1.84 bits per heavy atom. The minimum absolute atomic E-state index is 0.106. The first kappa shape index (κ1) is 22.4. The molecule has 32 heavy (non-hydrogen) atoms. The number of ether oxygens (including phenoxy) is 1. The highest BCUT2D eigenvalue weighted by atomic mass is 16.5. The summed E-state index contributed by atoms with van der Waals surface area (Å²) in [5.74, 6) is 0.806. The Hall–Kier alpha value is -1.43. The molecular formula is C27H41N3O2. The molecule has 2 aliphatic carbocycles. The predicted molar refractivity (Wildman–Crippen MR) is 128 cm³/mol. The van der Waals surface area contributed by atoms with Crippen LogP contribution in [0.25, 0.3) is 0 Å². The fourth-order valence-corrected chi connectivity index (χ4v) is 7.18. The molecule has 4 fully saturated rings. The van der Waals surface area contributed by atoms with E-state index in [4.69, 9.17) is 4.74 Å². The van der Waals surface area contributed by atoms with E-state index < -0.39 is 0 Å². The number of fused-ring (bicyclic) bond motifs is 1. The highest BCUT2D eigenvalue weighted by Gasteiger charge is 2.51. The van der Waals surface area contributed by atoms with Crippen molar-refractivity contribution in [2.24, 2.45) is 11.3 Å². The Morgan fingerprint density at radius 1 is 1.06 bits per heavy atom. The van der Waals surface area contributed by atoms with Gasteiger partial charge in [-0.1, -0.05) is 49.6 Å². The third-order valence-corrected chi connectivity index (χ3v) is 9.17. The molecule has 2 heterocycles. The fraction of sp³-hybridized carbons (Fsp3) is 0.741. The number of morpholine rings is 1. The minimum atomic E-state index is -0.229. The summed E-state index contributed by atoms with van der Waals surface area (Å²) in [7, 11) is 0. The smallest absolute Gasteiger partial charge is 0.227 e. The van der Waals surface area contributed by atoms with Gasteiger partial charge in [0.05, 0.1) is 18.6 Å². The number of nitrogens with one attached hydrogen (secondary N) is 2. The molecule has 0 aromatic heterocycles. The topological polar surface area (TPSA) is 53.6 Å². The molecule has 5 heteroatoms. The quantitative estimate of drug-likeness (QED) is 0.738. The molecule has 1 aromatic rings. The van der Waals surface area contributed by atoms with Gasteiger partial charge < -0.3 is 15.4 Å². The van der Waals surface area contributed by atoms with Crippen LogP contribution < -0.4 is 10.6 Å². The molecule has 0 radical (unpaired) electrons. The second kappa shape index (κ2) is 9.82. The van der Waals surface area contributed by atoms with Crippen LogP contribution in [0.2, 0.25) is 0 Å². The number of hydrogen-bond donors (Lipinski definition) is 2. The highest BCUT2D eigenvalue weighted by Crippen LogP contribution is 2.46. The molecule has 5 nitrogen and oxygen atoms in total. The van der Waals surface area contributed by atoms with E-state index in [1.807, 2.05) is 0 Å². The van der Waals surface area contributed by atoms with Crippen LogP contribution in [0.1, 0.15) is 63.4 Å². The molecule has 176 valence electrons. The maximum atomic E-state index is 13.9. The van der Waals surface area contributed by atoms with Crippen molar-refractivity contribution >= 4 is 5.91 Å². The van der Waals surface area contributed by atoms with Crippen molar-refractivity contribution in [2.45, 2.75) is 69.2 Å². The Kier molecular flexibility index (Phi) is 6.87. The molecule has 0 bridgehead atoms. The molecule has 0 unspecified atom stereocenters. The summed E-state index contributed by atoms with van der Waals surface area (Å²) in [5, 5.41) is 7.12. The van der Waals surface area contributed by atoms with E-state index in [0.717, 1.165) is 65.2 Å². The largest absolute Gasteiger partial charge is 0.379 e. The minimum Gasteiger partial charge on any atom is -0.379 e. The van der Waals surface area contributed by atoms with Gasteiger partial charge in [-0.25, -0.2) is 0 Å². The third-order valence-electron chi connectivity index (χ3n) is 9.17. The molecule has 5 rings (SSSR count). The number of carbonyl (C=O) groups excluding carboxylic acids is 1. The normalized spacial score (nSPS) is 33.2. The molecule has 2 saturated carbocycles.